The van der Waals surface area contributed by atoms with E-state index in [1.165, 1.54) is 39.3 Å². The highest BCUT2D eigenvalue weighted by atomic mass is 32.2. The van der Waals surface area contributed by atoms with Crippen molar-refractivity contribution in [1.29, 1.82) is 0 Å². The van der Waals surface area contributed by atoms with Gasteiger partial charge in [-0.05, 0) is 26.7 Å². The van der Waals surface area contributed by atoms with Gasteiger partial charge in [-0.25, -0.2) is 8.42 Å². The number of nitrogens with one attached hydrogen (secondary N) is 1. The molecule has 9 heteroatoms. The first-order valence-electron chi connectivity index (χ1n) is 5.49. The predicted octanol–water partition coefficient (Wildman–Crippen LogP) is 1.79. The Labute approximate surface area is 110 Å². The number of alkyl halides is 3. The topological polar surface area (TPSA) is 72.5 Å². The zero-order chi connectivity index (χ0) is 15.6. The fourth-order valence-corrected chi connectivity index (χ4v) is 1.89. The number of carbonyl (C=O) groups excluding carboxylic acids is 1. The van der Waals surface area contributed by atoms with E-state index in [1.807, 2.05) is 0 Å². The first kappa shape index (κ1) is 18.2. The monoisotopic (exact) mass is 305 g/mol. The molecule has 0 bridgehead atoms. The molecule has 0 spiro atoms. The Kier molecular flexibility index (Phi) is 5.41. The van der Waals surface area contributed by atoms with E-state index in [0.29, 0.717) is 0 Å². The summed E-state index contributed by atoms with van der Waals surface area (Å²) in [5.74, 6) is -1.73. The SMILES string of the molecule is CC(C)C(NS(=O)(=O)C(F)(F)F)C(=O)OC(C)(C)C. The van der Waals surface area contributed by atoms with Crippen molar-refractivity contribution >= 4 is 16.0 Å². The minimum absolute atomic E-state index is 0.688. The standard InChI is InChI=1S/C10H18F3NO4S/c1-6(2)7(8(15)18-9(3,4)5)14-19(16,17)10(11,12)13/h6-7,14H,1-5H3. The molecule has 0 aromatic heterocycles. The summed E-state index contributed by atoms with van der Waals surface area (Å²) >= 11 is 0. The van der Waals surface area contributed by atoms with E-state index in [-0.39, 0.29) is 0 Å². The fraction of sp³-hybridized carbons (Fsp3) is 0.900. The third-order valence-electron chi connectivity index (χ3n) is 1.91. The van der Waals surface area contributed by atoms with Crippen LogP contribution in [0.15, 0.2) is 0 Å². The maximum atomic E-state index is 12.3. The van der Waals surface area contributed by atoms with Crippen LogP contribution in [0, 0.1) is 5.92 Å². The van der Waals surface area contributed by atoms with Crippen LogP contribution in [0.4, 0.5) is 13.2 Å². The lowest BCUT2D eigenvalue weighted by atomic mass is 10.1. The van der Waals surface area contributed by atoms with E-state index in [1.54, 1.807) is 0 Å². The second-order valence-corrected chi connectivity index (χ2v) is 7.03. The second-order valence-electron chi connectivity index (χ2n) is 5.32. The minimum atomic E-state index is -5.59. The van der Waals surface area contributed by atoms with Crippen molar-refractivity contribution in [2.24, 2.45) is 5.92 Å². The summed E-state index contributed by atoms with van der Waals surface area (Å²) in [5, 5.41) is 0. The van der Waals surface area contributed by atoms with Crippen LogP contribution in [-0.2, 0) is 19.6 Å². The highest BCUT2D eigenvalue weighted by Crippen LogP contribution is 2.23. The van der Waals surface area contributed by atoms with Crippen molar-refractivity contribution in [2.45, 2.75) is 51.8 Å². The van der Waals surface area contributed by atoms with Crippen LogP contribution >= 0.6 is 0 Å². The molecule has 0 aliphatic rings. The van der Waals surface area contributed by atoms with Gasteiger partial charge in [-0.15, -0.1) is 0 Å². The lowest BCUT2D eigenvalue weighted by Gasteiger charge is -2.26. The molecule has 0 radical (unpaired) electrons. The Morgan fingerprint density at radius 1 is 1.16 bits per heavy atom. The van der Waals surface area contributed by atoms with Gasteiger partial charge in [-0.1, -0.05) is 13.8 Å². The van der Waals surface area contributed by atoms with Crippen molar-refractivity contribution < 1.29 is 31.1 Å². The summed E-state index contributed by atoms with van der Waals surface area (Å²) < 4.78 is 65.0. The van der Waals surface area contributed by atoms with Gasteiger partial charge < -0.3 is 4.74 Å². The molecule has 0 rings (SSSR count). The molecule has 0 saturated carbocycles. The summed E-state index contributed by atoms with van der Waals surface area (Å²) in [7, 11) is -5.59. The van der Waals surface area contributed by atoms with Crippen LogP contribution in [0.5, 0.6) is 0 Å². The summed E-state index contributed by atoms with van der Waals surface area (Å²) in [5.41, 5.74) is -6.39. The second kappa shape index (κ2) is 5.66. The van der Waals surface area contributed by atoms with Crippen LogP contribution in [0.1, 0.15) is 34.6 Å². The smallest absolute Gasteiger partial charge is 0.459 e. The number of esters is 1. The molecule has 5 nitrogen and oxygen atoms in total. The summed E-state index contributed by atoms with van der Waals surface area (Å²) in [6.45, 7) is 7.41. The average Bonchev–Trinajstić information content (AvgIpc) is 2.08. The number of hydrogen-bond donors (Lipinski definition) is 1. The Morgan fingerprint density at radius 3 is 1.84 bits per heavy atom. The third-order valence-corrected chi connectivity index (χ3v) is 3.09. The lowest BCUT2D eigenvalue weighted by Crippen LogP contribution is -2.50. The molecule has 0 aromatic rings. The Hall–Kier alpha value is -0.830. The molecule has 114 valence electrons. The van der Waals surface area contributed by atoms with Crippen LogP contribution in [-0.4, -0.2) is 31.5 Å². The molecule has 19 heavy (non-hydrogen) atoms. The van der Waals surface area contributed by atoms with Gasteiger partial charge in [0, 0.05) is 0 Å². The number of halogens is 3. The van der Waals surface area contributed by atoms with E-state index in [4.69, 9.17) is 4.74 Å². The van der Waals surface area contributed by atoms with Crippen molar-refractivity contribution in [3.63, 3.8) is 0 Å². The Bertz CT molecular complexity index is 423. The minimum Gasteiger partial charge on any atom is -0.459 e. The molecule has 1 N–H and O–H groups in total. The number of hydrogen-bond acceptors (Lipinski definition) is 4. The maximum absolute atomic E-state index is 12.3. The molecule has 0 saturated heterocycles. The predicted molar refractivity (Wildman–Crippen MR) is 62.6 cm³/mol. The normalized spacial score (nSPS) is 15.4. The highest BCUT2D eigenvalue weighted by Gasteiger charge is 2.48. The molecular formula is C10H18F3NO4S. The summed E-state index contributed by atoms with van der Waals surface area (Å²) in [4.78, 5) is 11.7. The number of ether oxygens (including phenoxy) is 1. The molecule has 0 aliphatic heterocycles. The molecular weight excluding hydrogens is 287 g/mol. The Morgan fingerprint density at radius 2 is 1.58 bits per heavy atom. The van der Waals surface area contributed by atoms with E-state index in [9.17, 15) is 26.4 Å². The van der Waals surface area contributed by atoms with Crippen LogP contribution in [0.2, 0.25) is 0 Å². The van der Waals surface area contributed by atoms with Crippen molar-refractivity contribution in [3.8, 4) is 0 Å². The van der Waals surface area contributed by atoms with E-state index < -0.39 is 39.1 Å². The molecule has 0 heterocycles. The van der Waals surface area contributed by atoms with Gasteiger partial charge in [0.15, 0.2) is 0 Å². The first-order chi connectivity index (χ1) is 8.17. The number of carbonyl (C=O) groups is 1. The van der Waals surface area contributed by atoms with Gasteiger partial charge >= 0.3 is 21.5 Å². The van der Waals surface area contributed by atoms with Gasteiger partial charge in [0.1, 0.15) is 11.6 Å². The largest absolute Gasteiger partial charge is 0.511 e. The van der Waals surface area contributed by atoms with E-state index in [2.05, 4.69) is 0 Å². The maximum Gasteiger partial charge on any atom is 0.511 e. The lowest BCUT2D eigenvalue weighted by molar-refractivity contribution is -0.158. The Balaban J connectivity index is 5.13. The molecule has 0 amide bonds. The number of sulfonamides is 1. The van der Waals surface area contributed by atoms with Crippen LogP contribution in [0.3, 0.4) is 0 Å². The van der Waals surface area contributed by atoms with E-state index >= 15 is 0 Å². The zero-order valence-electron chi connectivity index (χ0n) is 11.3. The van der Waals surface area contributed by atoms with Crippen molar-refractivity contribution in [1.82, 2.24) is 4.72 Å². The summed E-state index contributed by atoms with van der Waals surface area (Å²) in [6, 6.07) is -1.59. The van der Waals surface area contributed by atoms with Gasteiger partial charge in [-0.2, -0.15) is 17.9 Å². The van der Waals surface area contributed by atoms with Crippen LogP contribution in [0.25, 0.3) is 0 Å². The van der Waals surface area contributed by atoms with Gasteiger partial charge in [0.2, 0.25) is 0 Å². The average molecular weight is 305 g/mol. The molecule has 1 atom stereocenters. The summed E-state index contributed by atoms with van der Waals surface area (Å²) in [6.07, 6.45) is 0. The van der Waals surface area contributed by atoms with Gasteiger partial charge in [0.05, 0.1) is 0 Å². The molecule has 0 aromatic carbocycles. The zero-order valence-corrected chi connectivity index (χ0v) is 12.1. The van der Waals surface area contributed by atoms with Crippen LogP contribution < -0.4 is 4.72 Å². The third kappa shape index (κ3) is 5.77. The van der Waals surface area contributed by atoms with Crippen molar-refractivity contribution in [3.05, 3.63) is 0 Å². The quantitative estimate of drug-likeness (QED) is 0.804. The fourth-order valence-electron chi connectivity index (χ4n) is 1.06. The molecule has 0 fully saturated rings. The van der Waals surface area contributed by atoms with Gasteiger partial charge in [-0.3, -0.25) is 4.79 Å². The molecule has 1 unspecified atom stereocenters. The number of rotatable bonds is 4. The first-order valence-corrected chi connectivity index (χ1v) is 6.97. The van der Waals surface area contributed by atoms with Crippen molar-refractivity contribution in [2.75, 3.05) is 0 Å². The molecule has 0 aliphatic carbocycles. The van der Waals surface area contributed by atoms with E-state index in [0.717, 1.165) is 0 Å². The highest BCUT2D eigenvalue weighted by molar-refractivity contribution is 7.90. The van der Waals surface area contributed by atoms with Gasteiger partial charge in [0.25, 0.3) is 0 Å².